The molecule has 0 aromatic heterocycles. The summed E-state index contributed by atoms with van der Waals surface area (Å²) in [7, 11) is -3.57. The van der Waals surface area contributed by atoms with E-state index < -0.39 is 10.0 Å². The molecule has 1 heterocycles. The Labute approximate surface area is 175 Å². The van der Waals surface area contributed by atoms with E-state index in [1.54, 1.807) is 42.5 Å². The van der Waals surface area contributed by atoms with Crippen molar-refractivity contribution in [3.05, 3.63) is 95.3 Å². The van der Waals surface area contributed by atoms with E-state index in [0.717, 1.165) is 11.1 Å². The van der Waals surface area contributed by atoms with Crippen molar-refractivity contribution in [3.8, 4) is 0 Å². The van der Waals surface area contributed by atoms with Gasteiger partial charge in [-0.15, -0.1) is 0 Å². The normalized spacial score (nSPS) is 14.2. The van der Waals surface area contributed by atoms with E-state index in [4.69, 9.17) is 0 Å². The van der Waals surface area contributed by atoms with Crippen LogP contribution in [0.15, 0.2) is 77.7 Å². The minimum atomic E-state index is -3.57. The van der Waals surface area contributed by atoms with Crippen molar-refractivity contribution in [2.24, 2.45) is 0 Å². The maximum atomic E-state index is 13.0. The van der Waals surface area contributed by atoms with Crippen LogP contribution in [0.4, 0.5) is 10.1 Å². The van der Waals surface area contributed by atoms with Gasteiger partial charge in [0, 0.05) is 18.8 Å². The Morgan fingerprint density at radius 1 is 0.967 bits per heavy atom. The van der Waals surface area contributed by atoms with Crippen LogP contribution in [-0.2, 0) is 34.2 Å². The molecule has 5 nitrogen and oxygen atoms in total. The number of fused-ring (bicyclic) bond motifs is 1. The smallest absolute Gasteiger partial charge is 0.243 e. The number of anilines is 1. The van der Waals surface area contributed by atoms with Crippen molar-refractivity contribution >= 4 is 21.6 Å². The van der Waals surface area contributed by atoms with Crippen LogP contribution < -0.4 is 5.32 Å². The summed E-state index contributed by atoms with van der Waals surface area (Å²) < 4.78 is 40.3. The fourth-order valence-corrected chi connectivity index (χ4v) is 4.99. The number of hydrogen-bond donors (Lipinski definition) is 1. The van der Waals surface area contributed by atoms with E-state index in [2.05, 4.69) is 5.32 Å². The quantitative estimate of drug-likeness (QED) is 0.678. The van der Waals surface area contributed by atoms with Gasteiger partial charge >= 0.3 is 0 Å². The van der Waals surface area contributed by atoms with Gasteiger partial charge in [-0.05, 0) is 59.5 Å². The van der Waals surface area contributed by atoms with E-state index in [0.29, 0.717) is 24.2 Å². The Kier molecular flexibility index (Phi) is 5.65. The predicted octanol–water partition coefficient (Wildman–Crippen LogP) is 3.75. The molecule has 0 aliphatic carbocycles. The third-order valence-electron chi connectivity index (χ3n) is 5.13. The van der Waals surface area contributed by atoms with Gasteiger partial charge in [0.25, 0.3) is 0 Å². The number of hydrogen-bond acceptors (Lipinski definition) is 3. The van der Waals surface area contributed by atoms with Gasteiger partial charge in [-0.1, -0.05) is 36.4 Å². The summed E-state index contributed by atoms with van der Waals surface area (Å²) in [5, 5.41) is 2.84. The fraction of sp³-hybridized carbons (Fsp3) is 0.174. The molecule has 0 unspecified atom stereocenters. The zero-order valence-corrected chi connectivity index (χ0v) is 17.0. The first-order chi connectivity index (χ1) is 14.4. The zero-order valence-electron chi connectivity index (χ0n) is 16.2. The lowest BCUT2D eigenvalue weighted by Crippen LogP contribution is -2.36. The van der Waals surface area contributed by atoms with Gasteiger partial charge < -0.3 is 5.32 Å². The lowest BCUT2D eigenvalue weighted by molar-refractivity contribution is -0.115. The van der Waals surface area contributed by atoms with Gasteiger partial charge in [-0.2, -0.15) is 4.31 Å². The number of halogens is 1. The molecule has 3 aromatic rings. The van der Waals surface area contributed by atoms with E-state index >= 15 is 0 Å². The lowest BCUT2D eigenvalue weighted by atomic mass is 10.0. The molecule has 4 rings (SSSR count). The topological polar surface area (TPSA) is 66.5 Å². The molecule has 0 saturated heterocycles. The highest BCUT2D eigenvalue weighted by Crippen LogP contribution is 2.27. The molecular formula is C23H21FN2O3S. The van der Waals surface area contributed by atoms with Crippen LogP contribution in [0.1, 0.15) is 16.7 Å². The van der Waals surface area contributed by atoms with Crippen LogP contribution in [0, 0.1) is 5.82 Å². The molecule has 30 heavy (non-hydrogen) atoms. The Balaban J connectivity index is 1.48. The number of carbonyl (C=O) groups is 1. The van der Waals surface area contributed by atoms with Crippen molar-refractivity contribution in [2.75, 3.05) is 11.9 Å². The zero-order chi connectivity index (χ0) is 21.1. The van der Waals surface area contributed by atoms with Crippen molar-refractivity contribution < 1.29 is 17.6 Å². The van der Waals surface area contributed by atoms with Crippen molar-refractivity contribution in [3.63, 3.8) is 0 Å². The van der Waals surface area contributed by atoms with Gasteiger partial charge in [0.2, 0.25) is 15.9 Å². The Bertz CT molecular complexity index is 1160. The largest absolute Gasteiger partial charge is 0.326 e. The van der Waals surface area contributed by atoms with Crippen molar-refractivity contribution in [1.82, 2.24) is 4.31 Å². The summed E-state index contributed by atoms with van der Waals surface area (Å²) >= 11 is 0. The molecule has 1 N–H and O–H groups in total. The molecule has 1 aliphatic heterocycles. The number of amides is 1. The number of sulfonamides is 1. The molecule has 1 aliphatic rings. The van der Waals surface area contributed by atoms with Gasteiger partial charge in [-0.3, -0.25) is 4.79 Å². The van der Waals surface area contributed by atoms with Gasteiger partial charge in [-0.25, -0.2) is 12.8 Å². The highest BCUT2D eigenvalue weighted by molar-refractivity contribution is 7.89. The molecule has 3 aromatic carbocycles. The van der Waals surface area contributed by atoms with Gasteiger partial charge in [0.15, 0.2) is 0 Å². The first kappa shape index (κ1) is 20.3. The minimum absolute atomic E-state index is 0.131. The number of nitrogens with one attached hydrogen (secondary N) is 1. The number of rotatable bonds is 5. The lowest BCUT2D eigenvalue weighted by Gasteiger charge is -2.28. The summed E-state index contributed by atoms with van der Waals surface area (Å²) in [6.07, 6.45) is 0.747. The molecule has 0 radical (unpaired) electrons. The maximum absolute atomic E-state index is 13.0. The molecule has 0 spiro atoms. The molecular weight excluding hydrogens is 403 g/mol. The third-order valence-corrected chi connectivity index (χ3v) is 6.99. The Hall–Kier alpha value is -3.03. The third kappa shape index (κ3) is 4.42. The van der Waals surface area contributed by atoms with E-state index in [1.165, 1.54) is 16.4 Å². The highest BCUT2D eigenvalue weighted by atomic mass is 32.2. The summed E-state index contributed by atoms with van der Waals surface area (Å²) in [5.41, 5.74) is 3.28. The molecule has 0 fully saturated rings. The fourth-order valence-electron chi connectivity index (χ4n) is 3.55. The SMILES string of the molecule is O=C(Cc1ccc(F)cc1)Nc1ccc2c(c1)CN(S(=O)(=O)c1ccccc1)CC2. The Morgan fingerprint density at radius 3 is 2.43 bits per heavy atom. The second-order valence-corrected chi connectivity index (χ2v) is 9.17. The van der Waals surface area contributed by atoms with Crippen LogP contribution in [0.3, 0.4) is 0 Å². The number of nitrogens with zero attached hydrogens (tertiary/aromatic N) is 1. The van der Waals surface area contributed by atoms with Gasteiger partial charge in [0.1, 0.15) is 5.82 Å². The summed E-state index contributed by atoms with van der Waals surface area (Å²) in [6, 6.07) is 19.8. The van der Waals surface area contributed by atoms with Crippen molar-refractivity contribution in [1.29, 1.82) is 0 Å². The van der Waals surface area contributed by atoms with Crippen LogP contribution in [0.25, 0.3) is 0 Å². The van der Waals surface area contributed by atoms with E-state index in [-0.39, 0.29) is 29.6 Å². The summed E-state index contributed by atoms with van der Waals surface area (Å²) in [5.74, 6) is -0.560. The van der Waals surface area contributed by atoms with Crippen molar-refractivity contribution in [2.45, 2.75) is 24.3 Å². The molecule has 0 atom stereocenters. The monoisotopic (exact) mass is 424 g/mol. The van der Waals surface area contributed by atoms with E-state index in [9.17, 15) is 17.6 Å². The second-order valence-electron chi connectivity index (χ2n) is 7.24. The average molecular weight is 424 g/mol. The molecule has 154 valence electrons. The first-order valence-electron chi connectivity index (χ1n) is 9.63. The standard InChI is InChI=1S/C23H21FN2O3S/c24-20-9-6-17(7-10-20)14-23(27)25-21-11-8-18-12-13-26(16-19(18)15-21)30(28,29)22-4-2-1-3-5-22/h1-11,15H,12-14,16H2,(H,25,27). The first-order valence-corrected chi connectivity index (χ1v) is 11.1. The van der Waals surface area contributed by atoms with Crippen LogP contribution in [-0.4, -0.2) is 25.2 Å². The highest BCUT2D eigenvalue weighted by Gasteiger charge is 2.28. The maximum Gasteiger partial charge on any atom is 0.243 e. The Morgan fingerprint density at radius 2 is 1.70 bits per heavy atom. The second kappa shape index (κ2) is 8.38. The summed E-state index contributed by atoms with van der Waals surface area (Å²) in [6.45, 7) is 0.675. The van der Waals surface area contributed by atoms with Gasteiger partial charge in [0.05, 0.1) is 11.3 Å². The number of carbonyl (C=O) groups excluding carboxylic acids is 1. The molecule has 7 heteroatoms. The predicted molar refractivity (Wildman–Crippen MR) is 113 cm³/mol. The van der Waals surface area contributed by atoms with E-state index in [1.807, 2.05) is 18.2 Å². The molecule has 1 amide bonds. The van der Waals surface area contributed by atoms with Crippen LogP contribution >= 0.6 is 0 Å². The van der Waals surface area contributed by atoms with Crippen LogP contribution in [0.2, 0.25) is 0 Å². The van der Waals surface area contributed by atoms with Crippen LogP contribution in [0.5, 0.6) is 0 Å². The minimum Gasteiger partial charge on any atom is -0.326 e. The molecule has 0 saturated carbocycles. The number of benzene rings is 3. The summed E-state index contributed by atoms with van der Waals surface area (Å²) in [4.78, 5) is 12.6. The molecule has 0 bridgehead atoms. The average Bonchev–Trinajstić information content (AvgIpc) is 2.75.